The van der Waals surface area contributed by atoms with Gasteiger partial charge in [0.1, 0.15) is 5.82 Å². The van der Waals surface area contributed by atoms with Gasteiger partial charge in [0.15, 0.2) is 5.78 Å². The molecule has 1 atom stereocenters. The molecule has 2 amide bonds. The number of halogens is 1. The van der Waals surface area contributed by atoms with Gasteiger partial charge in [-0.05, 0) is 49.4 Å². The fourth-order valence-corrected chi connectivity index (χ4v) is 4.33. The number of ketones is 1. The minimum Gasteiger partial charge on any atom is -0.324 e. The number of hydrogen-bond acceptors (Lipinski definition) is 2. The smallest absolute Gasteiger partial charge is 0.321 e. The summed E-state index contributed by atoms with van der Waals surface area (Å²) in [6, 6.07) is 19.6. The van der Waals surface area contributed by atoms with Crippen LogP contribution in [0.25, 0.3) is 11.1 Å². The summed E-state index contributed by atoms with van der Waals surface area (Å²) in [5.41, 5.74) is 4.40. The van der Waals surface area contributed by atoms with Crippen molar-refractivity contribution in [1.82, 2.24) is 4.90 Å². The van der Waals surface area contributed by atoms with Crippen LogP contribution in [0.3, 0.4) is 0 Å². The summed E-state index contributed by atoms with van der Waals surface area (Å²) in [7, 11) is 0. The first kappa shape index (κ1) is 21.8. The molecule has 164 valence electrons. The Morgan fingerprint density at radius 2 is 1.69 bits per heavy atom. The molecule has 3 aromatic rings. The molecule has 0 bridgehead atoms. The van der Waals surface area contributed by atoms with Crippen LogP contribution in [0.4, 0.5) is 14.9 Å². The quantitative estimate of drug-likeness (QED) is 0.498. The minimum absolute atomic E-state index is 0.118. The van der Waals surface area contributed by atoms with E-state index in [2.05, 4.69) is 5.32 Å². The molecule has 0 spiro atoms. The van der Waals surface area contributed by atoms with Gasteiger partial charge in [-0.15, -0.1) is 0 Å². The first-order chi connectivity index (χ1) is 15.4. The number of carbonyl (C=O) groups is 2. The van der Waals surface area contributed by atoms with E-state index in [0.29, 0.717) is 30.6 Å². The maximum Gasteiger partial charge on any atom is 0.321 e. The van der Waals surface area contributed by atoms with E-state index < -0.39 is 5.82 Å². The molecular formula is C27H27FN2O2. The van der Waals surface area contributed by atoms with E-state index in [1.54, 1.807) is 17.0 Å². The molecular weight excluding hydrogens is 403 g/mol. The normalized spacial score (nSPS) is 16.0. The predicted octanol–water partition coefficient (Wildman–Crippen LogP) is 6.24. The van der Waals surface area contributed by atoms with Crippen molar-refractivity contribution < 1.29 is 14.0 Å². The number of Topliss-reactive ketones (excluding diaryl/α,β-unsaturated/α-hetero) is 1. The number of para-hydroxylation sites is 1. The van der Waals surface area contributed by atoms with E-state index in [1.807, 2.05) is 62.4 Å². The maximum absolute atomic E-state index is 14.8. The SMILES string of the molecule is Cc1cccc(C)c1NC(=O)N1CCC[C@H](C(=O)c2ccc(-c3ccccc3)c(F)c2)C1. The third kappa shape index (κ3) is 4.57. The Labute approximate surface area is 188 Å². The second-order valence-corrected chi connectivity index (χ2v) is 8.41. The van der Waals surface area contributed by atoms with Crippen molar-refractivity contribution in [3.05, 3.63) is 89.2 Å². The third-order valence-corrected chi connectivity index (χ3v) is 6.13. The van der Waals surface area contributed by atoms with E-state index in [0.717, 1.165) is 28.8 Å². The van der Waals surface area contributed by atoms with E-state index in [4.69, 9.17) is 0 Å². The molecule has 0 aliphatic carbocycles. The summed E-state index contributed by atoms with van der Waals surface area (Å²) < 4.78 is 14.8. The highest BCUT2D eigenvalue weighted by Gasteiger charge is 2.29. The number of carbonyl (C=O) groups excluding carboxylic acids is 2. The largest absolute Gasteiger partial charge is 0.324 e. The van der Waals surface area contributed by atoms with Gasteiger partial charge in [0.25, 0.3) is 0 Å². The number of rotatable bonds is 4. The molecule has 1 saturated heterocycles. The van der Waals surface area contributed by atoms with E-state index in [9.17, 15) is 14.0 Å². The zero-order chi connectivity index (χ0) is 22.7. The van der Waals surface area contributed by atoms with Gasteiger partial charge in [-0.2, -0.15) is 0 Å². The van der Waals surface area contributed by atoms with Crippen LogP contribution in [0.2, 0.25) is 0 Å². The second kappa shape index (κ2) is 9.35. The van der Waals surface area contributed by atoms with Crippen molar-refractivity contribution in [2.24, 2.45) is 5.92 Å². The van der Waals surface area contributed by atoms with Crippen molar-refractivity contribution >= 4 is 17.5 Å². The summed E-state index contributed by atoms with van der Waals surface area (Å²) in [5.74, 6) is -0.870. The molecule has 1 aliphatic heterocycles. The molecule has 1 aliphatic rings. The van der Waals surface area contributed by atoms with Crippen molar-refractivity contribution in [3.8, 4) is 11.1 Å². The van der Waals surface area contributed by atoms with Crippen LogP contribution >= 0.6 is 0 Å². The predicted molar refractivity (Wildman–Crippen MR) is 125 cm³/mol. The molecule has 4 nitrogen and oxygen atoms in total. The van der Waals surface area contributed by atoms with Gasteiger partial charge in [0.05, 0.1) is 0 Å². The van der Waals surface area contributed by atoms with E-state index in [-0.39, 0.29) is 17.7 Å². The summed E-state index contributed by atoms with van der Waals surface area (Å²) >= 11 is 0. The first-order valence-corrected chi connectivity index (χ1v) is 11.0. The number of anilines is 1. The van der Waals surface area contributed by atoms with E-state index in [1.165, 1.54) is 6.07 Å². The van der Waals surface area contributed by atoms with Gasteiger partial charge < -0.3 is 10.2 Å². The summed E-state index contributed by atoms with van der Waals surface area (Å²) in [5, 5.41) is 3.00. The standard InChI is InChI=1S/C27H27FN2O2/c1-18-8-6-9-19(2)25(18)29-27(32)30-15-7-12-22(17-30)26(31)21-13-14-23(24(28)16-21)20-10-4-3-5-11-20/h3-6,8-11,13-14,16,22H,7,12,15,17H2,1-2H3,(H,29,32)/t22-/m0/s1. The average molecular weight is 431 g/mol. The number of piperidine rings is 1. The number of benzene rings is 3. The first-order valence-electron chi connectivity index (χ1n) is 11.0. The highest BCUT2D eigenvalue weighted by atomic mass is 19.1. The van der Waals surface area contributed by atoms with Crippen LogP contribution < -0.4 is 5.32 Å². The van der Waals surface area contributed by atoms with Gasteiger partial charge in [-0.3, -0.25) is 4.79 Å². The van der Waals surface area contributed by atoms with Gasteiger partial charge in [0.2, 0.25) is 0 Å². The molecule has 3 aromatic carbocycles. The maximum atomic E-state index is 14.8. The van der Waals surface area contributed by atoms with Crippen LogP contribution in [0, 0.1) is 25.6 Å². The molecule has 0 aromatic heterocycles. The zero-order valence-corrected chi connectivity index (χ0v) is 18.4. The lowest BCUT2D eigenvalue weighted by Crippen LogP contribution is -2.44. The number of hydrogen-bond donors (Lipinski definition) is 1. The van der Waals surface area contributed by atoms with Crippen molar-refractivity contribution in [1.29, 1.82) is 0 Å². The van der Waals surface area contributed by atoms with Crippen molar-refractivity contribution in [2.45, 2.75) is 26.7 Å². The molecule has 32 heavy (non-hydrogen) atoms. The molecule has 1 heterocycles. The van der Waals surface area contributed by atoms with Crippen molar-refractivity contribution in [2.75, 3.05) is 18.4 Å². The van der Waals surface area contributed by atoms with Gasteiger partial charge >= 0.3 is 6.03 Å². The summed E-state index contributed by atoms with van der Waals surface area (Å²) in [6.07, 6.45) is 1.43. The Morgan fingerprint density at radius 1 is 0.969 bits per heavy atom. The lowest BCUT2D eigenvalue weighted by Gasteiger charge is -2.32. The second-order valence-electron chi connectivity index (χ2n) is 8.41. The number of nitrogens with one attached hydrogen (secondary N) is 1. The molecule has 0 saturated carbocycles. The van der Waals surface area contributed by atoms with Crippen LogP contribution in [0.5, 0.6) is 0 Å². The molecule has 4 rings (SSSR count). The minimum atomic E-state index is -0.414. The van der Waals surface area contributed by atoms with E-state index >= 15 is 0 Å². The summed E-state index contributed by atoms with van der Waals surface area (Å²) in [4.78, 5) is 27.7. The lowest BCUT2D eigenvalue weighted by atomic mass is 9.89. The monoisotopic (exact) mass is 430 g/mol. The zero-order valence-electron chi connectivity index (χ0n) is 18.4. The van der Waals surface area contributed by atoms with Crippen molar-refractivity contribution in [3.63, 3.8) is 0 Å². The Bertz CT molecular complexity index is 1120. The molecule has 5 heteroatoms. The average Bonchev–Trinajstić information content (AvgIpc) is 2.81. The van der Waals surface area contributed by atoms with Crippen LogP contribution in [-0.4, -0.2) is 29.8 Å². The number of nitrogens with zero attached hydrogens (tertiary/aromatic N) is 1. The number of amides is 2. The Balaban J connectivity index is 1.47. The summed E-state index contributed by atoms with van der Waals surface area (Å²) in [6.45, 7) is 4.84. The van der Waals surface area contributed by atoms with Gasteiger partial charge in [-0.25, -0.2) is 9.18 Å². The highest BCUT2D eigenvalue weighted by Crippen LogP contribution is 2.27. The highest BCUT2D eigenvalue weighted by molar-refractivity contribution is 5.99. The van der Waals surface area contributed by atoms with Crippen LogP contribution in [-0.2, 0) is 0 Å². The van der Waals surface area contributed by atoms with Crippen LogP contribution in [0.1, 0.15) is 34.3 Å². The number of urea groups is 1. The van der Waals surface area contributed by atoms with Crippen LogP contribution in [0.15, 0.2) is 66.7 Å². The van der Waals surface area contributed by atoms with Gasteiger partial charge in [0, 0.05) is 35.8 Å². The third-order valence-electron chi connectivity index (χ3n) is 6.13. The molecule has 1 N–H and O–H groups in total. The fraction of sp³-hybridized carbons (Fsp3) is 0.259. The number of likely N-dealkylation sites (tertiary alicyclic amines) is 1. The molecule has 0 unspecified atom stereocenters. The molecule has 0 radical (unpaired) electrons. The molecule has 1 fully saturated rings. The number of aryl methyl sites for hydroxylation is 2. The Hall–Kier alpha value is -3.47. The Morgan fingerprint density at radius 3 is 2.38 bits per heavy atom. The lowest BCUT2D eigenvalue weighted by molar-refractivity contribution is 0.0851. The van der Waals surface area contributed by atoms with Gasteiger partial charge in [-0.1, -0.05) is 60.7 Å². The fourth-order valence-electron chi connectivity index (χ4n) is 4.33. The topological polar surface area (TPSA) is 49.4 Å². The Kier molecular flexibility index (Phi) is 6.35.